The number of phenolic OH excluding ortho intramolecular Hbond substituents is 1. The van der Waals surface area contributed by atoms with E-state index in [0.29, 0.717) is 41.4 Å². The molecule has 0 saturated heterocycles. The average molecular weight is 470 g/mol. The van der Waals surface area contributed by atoms with Crippen molar-refractivity contribution in [1.82, 2.24) is 15.1 Å². The van der Waals surface area contributed by atoms with E-state index in [4.69, 9.17) is 9.47 Å². The number of fused-ring (bicyclic) bond motifs is 1. The molecule has 35 heavy (non-hydrogen) atoms. The van der Waals surface area contributed by atoms with Crippen LogP contribution in [0.15, 0.2) is 66.7 Å². The molecule has 2 N–H and O–H groups in total. The second kappa shape index (κ2) is 9.18. The number of hydrogen-bond donors (Lipinski definition) is 2. The minimum atomic E-state index is -0.327. The van der Waals surface area contributed by atoms with Crippen LogP contribution < -0.4 is 9.47 Å². The highest BCUT2D eigenvalue weighted by Crippen LogP contribution is 2.44. The third kappa shape index (κ3) is 3.99. The predicted molar refractivity (Wildman–Crippen MR) is 133 cm³/mol. The number of methoxy groups -OCH3 is 2. The van der Waals surface area contributed by atoms with Crippen molar-refractivity contribution in [3.63, 3.8) is 0 Å². The molecule has 1 atom stereocenters. The zero-order valence-electron chi connectivity index (χ0n) is 19.9. The second-order valence-corrected chi connectivity index (χ2v) is 8.63. The Bertz CT molecular complexity index is 1380. The van der Waals surface area contributed by atoms with Gasteiger partial charge in [-0.25, -0.2) is 0 Å². The van der Waals surface area contributed by atoms with Gasteiger partial charge in [-0.3, -0.25) is 9.89 Å². The summed E-state index contributed by atoms with van der Waals surface area (Å²) in [5.74, 6) is 1.34. The molecule has 2 heterocycles. The molecule has 4 aromatic rings. The van der Waals surface area contributed by atoms with Crippen LogP contribution in [-0.2, 0) is 6.42 Å². The summed E-state index contributed by atoms with van der Waals surface area (Å²) < 4.78 is 10.8. The number of nitrogens with zero attached hydrogens (tertiary/aromatic N) is 2. The van der Waals surface area contributed by atoms with E-state index in [2.05, 4.69) is 10.2 Å². The van der Waals surface area contributed by atoms with Gasteiger partial charge in [-0.2, -0.15) is 5.10 Å². The minimum Gasteiger partial charge on any atom is -0.507 e. The van der Waals surface area contributed by atoms with E-state index in [1.807, 2.05) is 66.4 Å². The first-order chi connectivity index (χ1) is 17.0. The lowest BCUT2D eigenvalue weighted by molar-refractivity contribution is 0.0746. The summed E-state index contributed by atoms with van der Waals surface area (Å²) in [5, 5.41) is 17.9. The summed E-state index contributed by atoms with van der Waals surface area (Å²) in [6, 6.07) is 20.7. The number of benzene rings is 3. The van der Waals surface area contributed by atoms with Crippen LogP contribution in [0.1, 0.15) is 38.8 Å². The lowest BCUT2D eigenvalue weighted by atomic mass is 9.95. The van der Waals surface area contributed by atoms with Gasteiger partial charge in [0.2, 0.25) is 0 Å². The molecule has 0 fully saturated rings. The van der Waals surface area contributed by atoms with Crippen LogP contribution in [0.25, 0.3) is 11.3 Å². The molecule has 1 aliphatic heterocycles. The SMILES string of the molecule is COc1ccc(CCN2C(=O)c3[nH]nc(-c4ccccc4O)c3C2c2ccc(C)cc2)cc1OC. The maximum absolute atomic E-state index is 13.6. The molecule has 0 aliphatic carbocycles. The quantitative estimate of drug-likeness (QED) is 0.402. The smallest absolute Gasteiger partial charge is 0.273 e. The third-order valence-corrected chi connectivity index (χ3v) is 6.51. The average Bonchev–Trinajstić information content (AvgIpc) is 3.42. The molecular formula is C28H27N3O4. The molecule has 7 nitrogen and oxygen atoms in total. The maximum atomic E-state index is 13.6. The zero-order chi connectivity index (χ0) is 24.5. The van der Waals surface area contributed by atoms with Gasteiger partial charge in [0, 0.05) is 17.7 Å². The standard InChI is InChI=1S/C28H27N3O4/c1-17-8-11-19(12-9-17)27-24-25(20-6-4-5-7-21(20)32)29-30-26(24)28(33)31(27)15-14-18-10-13-22(34-2)23(16-18)35-3/h4-13,16,27,32H,14-15H2,1-3H3,(H,29,30). The molecule has 7 heteroatoms. The van der Waals surface area contributed by atoms with Crippen molar-refractivity contribution in [2.75, 3.05) is 20.8 Å². The molecular weight excluding hydrogens is 442 g/mol. The molecule has 1 unspecified atom stereocenters. The number of aryl methyl sites for hydroxylation is 1. The van der Waals surface area contributed by atoms with Crippen LogP contribution in [0, 0.1) is 6.92 Å². The van der Waals surface area contributed by atoms with Gasteiger partial charge in [0.1, 0.15) is 17.1 Å². The molecule has 1 amide bonds. The van der Waals surface area contributed by atoms with Crippen molar-refractivity contribution in [3.8, 4) is 28.5 Å². The van der Waals surface area contributed by atoms with E-state index in [-0.39, 0.29) is 17.7 Å². The second-order valence-electron chi connectivity index (χ2n) is 8.63. The Labute approximate surface area is 203 Å². The molecule has 1 aliphatic rings. The van der Waals surface area contributed by atoms with Gasteiger partial charge < -0.3 is 19.5 Å². The fraction of sp³-hybridized carbons (Fsp3) is 0.214. The molecule has 5 rings (SSSR count). The summed E-state index contributed by atoms with van der Waals surface area (Å²) in [6.07, 6.45) is 0.637. The van der Waals surface area contributed by atoms with Crippen molar-refractivity contribution < 1.29 is 19.4 Å². The number of nitrogens with one attached hydrogen (secondary N) is 1. The highest BCUT2D eigenvalue weighted by Gasteiger charge is 2.42. The lowest BCUT2D eigenvalue weighted by Gasteiger charge is -2.27. The van der Waals surface area contributed by atoms with Gasteiger partial charge in [0.05, 0.1) is 20.3 Å². The number of rotatable bonds is 7. The molecule has 0 bridgehead atoms. The maximum Gasteiger partial charge on any atom is 0.273 e. The van der Waals surface area contributed by atoms with Gasteiger partial charge >= 0.3 is 0 Å². The third-order valence-electron chi connectivity index (χ3n) is 6.51. The minimum absolute atomic E-state index is 0.111. The zero-order valence-corrected chi connectivity index (χ0v) is 19.9. The van der Waals surface area contributed by atoms with Gasteiger partial charge in [0.25, 0.3) is 5.91 Å². The van der Waals surface area contributed by atoms with Crippen LogP contribution in [-0.4, -0.2) is 46.9 Å². The first-order valence-electron chi connectivity index (χ1n) is 11.5. The number of phenols is 1. The number of carbonyl (C=O) groups is 1. The summed E-state index contributed by atoms with van der Waals surface area (Å²) >= 11 is 0. The fourth-order valence-electron chi connectivity index (χ4n) is 4.69. The van der Waals surface area contributed by atoms with E-state index >= 15 is 0 Å². The Kier molecular flexibility index (Phi) is 5.91. The highest BCUT2D eigenvalue weighted by molar-refractivity contribution is 6.00. The van der Waals surface area contributed by atoms with Gasteiger partial charge in [-0.05, 0) is 48.7 Å². The van der Waals surface area contributed by atoms with Crippen molar-refractivity contribution in [3.05, 3.63) is 94.7 Å². The molecule has 0 radical (unpaired) electrons. The Morgan fingerprint density at radius 3 is 2.46 bits per heavy atom. The van der Waals surface area contributed by atoms with Crippen molar-refractivity contribution >= 4 is 5.91 Å². The lowest BCUT2D eigenvalue weighted by Crippen LogP contribution is -2.31. The van der Waals surface area contributed by atoms with E-state index in [9.17, 15) is 9.90 Å². The monoisotopic (exact) mass is 469 g/mol. The molecule has 1 aromatic heterocycles. The molecule has 0 spiro atoms. The Morgan fingerprint density at radius 1 is 1.00 bits per heavy atom. The van der Waals surface area contributed by atoms with Crippen LogP contribution in [0.3, 0.4) is 0 Å². The number of aromatic amines is 1. The number of carbonyl (C=O) groups excluding carboxylic acids is 1. The summed E-state index contributed by atoms with van der Waals surface area (Å²) in [7, 11) is 3.22. The van der Waals surface area contributed by atoms with E-state index in [1.165, 1.54) is 0 Å². The first-order valence-corrected chi connectivity index (χ1v) is 11.5. The number of ether oxygens (including phenoxy) is 2. The summed E-state index contributed by atoms with van der Waals surface area (Å²) in [6.45, 7) is 2.53. The molecule has 3 aromatic carbocycles. The van der Waals surface area contributed by atoms with E-state index in [1.54, 1.807) is 26.4 Å². The largest absolute Gasteiger partial charge is 0.507 e. The van der Waals surface area contributed by atoms with Crippen LogP contribution in [0.4, 0.5) is 0 Å². The summed E-state index contributed by atoms with van der Waals surface area (Å²) in [4.78, 5) is 15.4. The summed E-state index contributed by atoms with van der Waals surface area (Å²) in [5.41, 5.74) is 5.60. The number of hydrogen-bond acceptors (Lipinski definition) is 5. The number of aromatic nitrogens is 2. The number of para-hydroxylation sites is 1. The van der Waals surface area contributed by atoms with Crippen LogP contribution >= 0.6 is 0 Å². The Hall–Kier alpha value is -4.26. The molecule has 0 saturated carbocycles. The predicted octanol–water partition coefficient (Wildman–Crippen LogP) is 4.90. The first kappa shape index (κ1) is 22.5. The van der Waals surface area contributed by atoms with Crippen molar-refractivity contribution in [2.45, 2.75) is 19.4 Å². The van der Waals surface area contributed by atoms with Gasteiger partial charge in [0.15, 0.2) is 11.5 Å². The van der Waals surface area contributed by atoms with Crippen molar-refractivity contribution in [1.29, 1.82) is 0 Å². The number of H-pyrrole nitrogens is 1. The fourth-order valence-corrected chi connectivity index (χ4v) is 4.69. The van der Waals surface area contributed by atoms with Gasteiger partial charge in [-0.1, -0.05) is 48.0 Å². The number of amides is 1. The topological polar surface area (TPSA) is 87.7 Å². The van der Waals surface area contributed by atoms with E-state index in [0.717, 1.165) is 22.3 Å². The van der Waals surface area contributed by atoms with E-state index < -0.39 is 0 Å². The normalized spacial score (nSPS) is 14.8. The van der Waals surface area contributed by atoms with Gasteiger partial charge in [-0.15, -0.1) is 0 Å². The number of aromatic hydroxyl groups is 1. The van der Waals surface area contributed by atoms with Crippen LogP contribution in [0.5, 0.6) is 17.2 Å². The molecule has 178 valence electrons. The Balaban J connectivity index is 1.54. The van der Waals surface area contributed by atoms with Crippen LogP contribution in [0.2, 0.25) is 0 Å². The highest BCUT2D eigenvalue weighted by atomic mass is 16.5. The Morgan fingerprint density at radius 2 is 1.74 bits per heavy atom. The van der Waals surface area contributed by atoms with Crippen molar-refractivity contribution in [2.24, 2.45) is 0 Å².